The van der Waals surface area contributed by atoms with E-state index in [0.29, 0.717) is 34.3 Å². The molecule has 3 nitrogen and oxygen atoms in total. The van der Waals surface area contributed by atoms with Crippen LogP contribution in [0.5, 0.6) is 11.5 Å². The average molecular weight is 305 g/mol. The normalized spacial score (nSPS) is 10.3. The molecule has 0 aliphatic carbocycles. The Morgan fingerprint density at radius 3 is 2.43 bits per heavy atom. The molecular formula is C17H17ClO3. The molecule has 2 aromatic rings. The molecule has 2 rings (SSSR count). The summed E-state index contributed by atoms with van der Waals surface area (Å²) in [5.74, 6) is 1.29. The van der Waals surface area contributed by atoms with Crippen molar-refractivity contribution in [2.45, 2.75) is 13.8 Å². The number of benzene rings is 2. The van der Waals surface area contributed by atoms with E-state index in [0.717, 1.165) is 5.56 Å². The topological polar surface area (TPSA) is 35.5 Å². The molecule has 0 bridgehead atoms. The zero-order valence-corrected chi connectivity index (χ0v) is 13.0. The number of aryl methyl sites for hydroxylation is 1. The molecular weight excluding hydrogens is 288 g/mol. The first-order valence-corrected chi connectivity index (χ1v) is 7.06. The molecule has 0 N–H and O–H groups in total. The Kier molecular flexibility index (Phi) is 4.86. The van der Waals surface area contributed by atoms with Gasteiger partial charge in [0, 0.05) is 11.1 Å². The molecule has 0 heterocycles. The summed E-state index contributed by atoms with van der Waals surface area (Å²) < 4.78 is 10.6. The maximum atomic E-state index is 12.5. The minimum atomic E-state index is -0.117. The molecule has 0 fully saturated rings. The van der Waals surface area contributed by atoms with Gasteiger partial charge in [0.15, 0.2) is 5.78 Å². The number of rotatable bonds is 5. The Hall–Kier alpha value is -2.00. The highest BCUT2D eigenvalue weighted by Gasteiger charge is 2.15. The molecule has 0 aromatic heterocycles. The van der Waals surface area contributed by atoms with Crippen LogP contribution in [0.25, 0.3) is 0 Å². The number of carbonyl (C=O) groups is 1. The van der Waals surface area contributed by atoms with Crippen molar-refractivity contribution in [3.8, 4) is 11.5 Å². The minimum absolute atomic E-state index is 0.117. The number of hydrogen-bond donors (Lipinski definition) is 0. The second-order valence-electron chi connectivity index (χ2n) is 4.59. The lowest BCUT2D eigenvalue weighted by molar-refractivity contribution is 0.103. The molecule has 4 heteroatoms. The van der Waals surface area contributed by atoms with E-state index in [2.05, 4.69) is 0 Å². The van der Waals surface area contributed by atoms with Gasteiger partial charge in [-0.15, -0.1) is 0 Å². The van der Waals surface area contributed by atoms with Gasteiger partial charge in [0.1, 0.15) is 11.5 Å². The fourth-order valence-corrected chi connectivity index (χ4v) is 2.29. The van der Waals surface area contributed by atoms with Crippen molar-refractivity contribution in [1.82, 2.24) is 0 Å². The summed E-state index contributed by atoms with van der Waals surface area (Å²) in [6, 6.07) is 10.4. The molecule has 0 unspecified atom stereocenters. The summed E-state index contributed by atoms with van der Waals surface area (Å²) in [7, 11) is 1.59. The first-order chi connectivity index (χ1) is 10.1. The van der Waals surface area contributed by atoms with Crippen molar-refractivity contribution in [3.05, 3.63) is 58.1 Å². The van der Waals surface area contributed by atoms with Gasteiger partial charge in [0.2, 0.25) is 0 Å². The molecule has 2 aromatic carbocycles. The van der Waals surface area contributed by atoms with Crippen LogP contribution in [0.1, 0.15) is 28.4 Å². The Morgan fingerprint density at radius 2 is 1.86 bits per heavy atom. The maximum absolute atomic E-state index is 12.5. The van der Waals surface area contributed by atoms with Crippen LogP contribution < -0.4 is 9.47 Å². The van der Waals surface area contributed by atoms with E-state index >= 15 is 0 Å². The molecule has 21 heavy (non-hydrogen) atoms. The summed E-state index contributed by atoms with van der Waals surface area (Å²) in [4.78, 5) is 12.5. The quantitative estimate of drug-likeness (QED) is 0.773. The maximum Gasteiger partial charge on any atom is 0.194 e. The zero-order chi connectivity index (χ0) is 15.4. The van der Waals surface area contributed by atoms with E-state index in [1.807, 2.05) is 13.8 Å². The van der Waals surface area contributed by atoms with Crippen LogP contribution in [0.2, 0.25) is 5.02 Å². The van der Waals surface area contributed by atoms with E-state index in [1.165, 1.54) is 0 Å². The van der Waals surface area contributed by atoms with Crippen LogP contribution in [0.3, 0.4) is 0 Å². The zero-order valence-electron chi connectivity index (χ0n) is 12.3. The Labute approximate surface area is 129 Å². The van der Waals surface area contributed by atoms with Crippen molar-refractivity contribution in [2.75, 3.05) is 13.7 Å². The minimum Gasteiger partial charge on any atom is -0.497 e. The van der Waals surface area contributed by atoms with E-state index < -0.39 is 0 Å². The van der Waals surface area contributed by atoms with Crippen molar-refractivity contribution in [3.63, 3.8) is 0 Å². The van der Waals surface area contributed by atoms with E-state index in [1.54, 1.807) is 43.5 Å². The predicted octanol–water partition coefficient (Wildman–Crippen LogP) is 4.29. The van der Waals surface area contributed by atoms with Gasteiger partial charge in [-0.3, -0.25) is 4.79 Å². The highest BCUT2D eigenvalue weighted by Crippen LogP contribution is 2.29. The molecule has 0 atom stereocenters. The average Bonchev–Trinajstić information content (AvgIpc) is 2.50. The third-order valence-corrected chi connectivity index (χ3v) is 3.47. The summed E-state index contributed by atoms with van der Waals surface area (Å²) in [6.07, 6.45) is 0. The van der Waals surface area contributed by atoms with Crippen LogP contribution in [0, 0.1) is 6.92 Å². The molecule has 0 amide bonds. The molecule has 0 aliphatic heterocycles. The van der Waals surface area contributed by atoms with E-state index in [9.17, 15) is 4.79 Å². The number of methoxy groups -OCH3 is 1. The summed E-state index contributed by atoms with van der Waals surface area (Å²) in [5.41, 5.74) is 1.93. The number of carbonyl (C=O) groups excluding carboxylic acids is 1. The Bertz CT molecular complexity index is 648. The smallest absolute Gasteiger partial charge is 0.194 e. The monoisotopic (exact) mass is 304 g/mol. The highest BCUT2D eigenvalue weighted by atomic mass is 35.5. The lowest BCUT2D eigenvalue weighted by Crippen LogP contribution is -2.04. The summed E-state index contributed by atoms with van der Waals surface area (Å²) >= 11 is 6.21. The Balaban J connectivity index is 2.36. The van der Waals surface area contributed by atoms with Crippen LogP contribution in [0.4, 0.5) is 0 Å². The molecule has 0 saturated heterocycles. The second kappa shape index (κ2) is 6.64. The van der Waals surface area contributed by atoms with Gasteiger partial charge in [-0.2, -0.15) is 0 Å². The largest absolute Gasteiger partial charge is 0.497 e. The van der Waals surface area contributed by atoms with Gasteiger partial charge in [-0.25, -0.2) is 0 Å². The van der Waals surface area contributed by atoms with Gasteiger partial charge < -0.3 is 9.47 Å². The number of ketones is 1. The van der Waals surface area contributed by atoms with Crippen molar-refractivity contribution >= 4 is 17.4 Å². The van der Waals surface area contributed by atoms with Crippen LogP contribution >= 0.6 is 11.6 Å². The number of hydrogen-bond acceptors (Lipinski definition) is 3. The van der Waals surface area contributed by atoms with Crippen LogP contribution in [-0.2, 0) is 0 Å². The van der Waals surface area contributed by atoms with Gasteiger partial charge >= 0.3 is 0 Å². The lowest BCUT2D eigenvalue weighted by Gasteiger charge is -2.11. The third kappa shape index (κ3) is 3.37. The highest BCUT2D eigenvalue weighted by molar-refractivity contribution is 6.35. The first kappa shape index (κ1) is 15.4. The predicted molar refractivity (Wildman–Crippen MR) is 83.8 cm³/mol. The molecule has 0 radical (unpaired) electrons. The molecule has 0 saturated carbocycles. The van der Waals surface area contributed by atoms with Gasteiger partial charge in [-0.1, -0.05) is 11.6 Å². The van der Waals surface area contributed by atoms with Crippen LogP contribution in [-0.4, -0.2) is 19.5 Å². The Morgan fingerprint density at radius 1 is 1.19 bits per heavy atom. The SMILES string of the molecule is CCOc1cc(Cl)c(C(=O)c2ccc(OC)cc2)cc1C. The number of ether oxygens (including phenoxy) is 2. The van der Waals surface area contributed by atoms with Gasteiger partial charge in [-0.05, 0) is 55.8 Å². The lowest BCUT2D eigenvalue weighted by atomic mass is 10.0. The van der Waals surface area contributed by atoms with E-state index in [4.69, 9.17) is 21.1 Å². The van der Waals surface area contributed by atoms with Crippen LogP contribution in [0.15, 0.2) is 36.4 Å². The van der Waals surface area contributed by atoms with Crippen molar-refractivity contribution in [2.24, 2.45) is 0 Å². The first-order valence-electron chi connectivity index (χ1n) is 6.68. The van der Waals surface area contributed by atoms with E-state index in [-0.39, 0.29) is 5.78 Å². The van der Waals surface area contributed by atoms with Crippen molar-refractivity contribution in [1.29, 1.82) is 0 Å². The fourth-order valence-electron chi connectivity index (χ4n) is 2.05. The fraction of sp³-hybridized carbons (Fsp3) is 0.235. The number of halogens is 1. The van der Waals surface area contributed by atoms with Crippen molar-refractivity contribution < 1.29 is 14.3 Å². The second-order valence-corrected chi connectivity index (χ2v) is 5.00. The van der Waals surface area contributed by atoms with Gasteiger partial charge in [0.05, 0.1) is 18.7 Å². The summed E-state index contributed by atoms with van der Waals surface area (Å²) in [6.45, 7) is 4.36. The molecule has 0 aliphatic rings. The molecule has 110 valence electrons. The third-order valence-electron chi connectivity index (χ3n) is 3.16. The van der Waals surface area contributed by atoms with Gasteiger partial charge in [0.25, 0.3) is 0 Å². The molecule has 0 spiro atoms. The standard InChI is InChI=1S/C17H17ClO3/c1-4-21-16-10-15(18)14(9-11(16)2)17(19)12-5-7-13(20-3)8-6-12/h5-10H,4H2,1-3H3. The summed E-state index contributed by atoms with van der Waals surface area (Å²) in [5, 5.41) is 0.393.